The molecule has 0 aliphatic carbocycles. The molecule has 0 aromatic heterocycles. The number of nitrogens with one attached hydrogen (secondary N) is 1. The Balaban J connectivity index is 2.34. The van der Waals surface area contributed by atoms with E-state index in [1.54, 1.807) is 7.05 Å². The largest absolute Gasteiger partial charge is 0.301 e. The Morgan fingerprint density at radius 3 is 2.67 bits per heavy atom. The van der Waals surface area contributed by atoms with Crippen molar-refractivity contribution in [3.8, 4) is 0 Å². The zero-order valence-electron chi connectivity index (χ0n) is 3.77. The first kappa shape index (κ1) is 6.27. The summed E-state index contributed by atoms with van der Waals surface area (Å²) in [4.78, 5) is 4.66. The molecular weight excluding hydrogens is 98.1 g/mol. The van der Waals surface area contributed by atoms with E-state index in [2.05, 4.69) is 22.9 Å². The molecule has 0 aromatic carbocycles. The summed E-state index contributed by atoms with van der Waals surface area (Å²) in [6.45, 7) is 0.666. The molecule has 2 nitrogen and oxygen atoms in total. The molecule has 0 heterocycles. The molecule has 0 aromatic rings. The van der Waals surface area contributed by atoms with Crippen LogP contribution >= 0.6 is 12.6 Å². The lowest BCUT2D eigenvalue weighted by molar-refractivity contribution is 0.0709. The summed E-state index contributed by atoms with van der Waals surface area (Å²) in [5, 5.41) is 0. The summed E-state index contributed by atoms with van der Waals surface area (Å²) in [5.41, 5.74) is 2.52. The molecule has 0 saturated heterocycles. The van der Waals surface area contributed by atoms with Crippen LogP contribution in [-0.4, -0.2) is 19.4 Å². The third-order valence-corrected chi connectivity index (χ3v) is 0.520. The highest BCUT2D eigenvalue weighted by Gasteiger charge is 1.72. The van der Waals surface area contributed by atoms with Crippen molar-refractivity contribution in [2.75, 3.05) is 19.4 Å². The zero-order chi connectivity index (χ0) is 4.83. The van der Waals surface area contributed by atoms with E-state index < -0.39 is 0 Å². The Kier molecular flexibility index (Phi) is 5.51. The third kappa shape index (κ3) is 4.27. The maximum atomic E-state index is 4.66. The molecule has 1 N–H and O–H groups in total. The molecular formula is C3H9NOS. The van der Waals surface area contributed by atoms with Crippen LogP contribution < -0.4 is 5.48 Å². The molecule has 0 rings (SSSR count). The van der Waals surface area contributed by atoms with E-state index in [1.807, 2.05) is 0 Å². The van der Waals surface area contributed by atoms with Crippen LogP contribution in [0.5, 0.6) is 0 Å². The molecule has 0 unspecified atom stereocenters. The van der Waals surface area contributed by atoms with Gasteiger partial charge < -0.3 is 4.84 Å². The summed E-state index contributed by atoms with van der Waals surface area (Å²) >= 11 is 3.89. The van der Waals surface area contributed by atoms with Crippen molar-refractivity contribution >= 4 is 12.6 Å². The van der Waals surface area contributed by atoms with Gasteiger partial charge in [0.25, 0.3) is 0 Å². The van der Waals surface area contributed by atoms with Crippen molar-refractivity contribution in [2.24, 2.45) is 0 Å². The second-order valence-electron chi connectivity index (χ2n) is 0.776. The van der Waals surface area contributed by atoms with Gasteiger partial charge in [0.2, 0.25) is 0 Å². The standard InChI is InChI=1S/C3H9NOS/c1-4-5-2-3-6/h4,6H,2-3H2,1H3. The van der Waals surface area contributed by atoms with Crippen molar-refractivity contribution < 1.29 is 4.84 Å². The number of hydrogen-bond donors (Lipinski definition) is 2. The van der Waals surface area contributed by atoms with Crippen molar-refractivity contribution in [1.82, 2.24) is 5.48 Å². The van der Waals surface area contributed by atoms with Crippen LogP contribution in [-0.2, 0) is 4.84 Å². The van der Waals surface area contributed by atoms with Crippen molar-refractivity contribution in [1.29, 1.82) is 0 Å². The van der Waals surface area contributed by atoms with Crippen LogP contribution in [0.4, 0.5) is 0 Å². The second kappa shape index (κ2) is 5.27. The van der Waals surface area contributed by atoms with Crippen LogP contribution in [0.2, 0.25) is 0 Å². The highest BCUT2D eigenvalue weighted by atomic mass is 32.1. The molecule has 0 saturated carbocycles. The lowest BCUT2D eigenvalue weighted by atomic mass is 10.9. The Morgan fingerprint density at radius 1 is 1.83 bits per heavy atom. The smallest absolute Gasteiger partial charge is 0.0770 e. The highest BCUT2D eigenvalue weighted by molar-refractivity contribution is 7.80. The van der Waals surface area contributed by atoms with E-state index in [9.17, 15) is 0 Å². The van der Waals surface area contributed by atoms with Crippen LogP contribution in [0.3, 0.4) is 0 Å². The lowest BCUT2D eigenvalue weighted by Crippen LogP contribution is -2.08. The Hall–Kier alpha value is 0.270. The zero-order valence-corrected chi connectivity index (χ0v) is 4.66. The predicted molar refractivity (Wildman–Crippen MR) is 28.9 cm³/mol. The minimum Gasteiger partial charge on any atom is -0.301 e. The predicted octanol–water partition coefficient (Wildman–Crippen LogP) is 0.0672. The summed E-state index contributed by atoms with van der Waals surface area (Å²) in [6, 6.07) is 0. The normalized spacial score (nSPS) is 9.00. The van der Waals surface area contributed by atoms with Crippen LogP contribution in [0.25, 0.3) is 0 Å². The minimum absolute atomic E-state index is 0.666. The van der Waals surface area contributed by atoms with E-state index in [0.29, 0.717) is 6.61 Å². The molecule has 3 heteroatoms. The quantitative estimate of drug-likeness (QED) is 0.302. The Morgan fingerprint density at radius 2 is 2.50 bits per heavy atom. The molecule has 0 bridgehead atoms. The molecule has 0 aliphatic heterocycles. The fraction of sp³-hybridized carbons (Fsp3) is 1.00. The van der Waals surface area contributed by atoms with Crippen LogP contribution in [0.15, 0.2) is 0 Å². The number of hydrogen-bond acceptors (Lipinski definition) is 3. The first-order valence-corrected chi connectivity index (χ1v) is 2.44. The van der Waals surface area contributed by atoms with Gasteiger partial charge in [0.05, 0.1) is 6.61 Å². The molecule has 0 fully saturated rings. The van der Waals surface area contributed by atoms with E-state index in [0.717, 1.165) is 5.75 Å². The Bertz CT molecular complexity index is 22.8. The van der Waals surface area contributed by atoms with Gasteiger partial charge in [0.1, 0.15) is 0 Å². The van der Waals surface area contributed by atoms with Gasteiger partial charge in [-0.2, -0.15) is 12.6 Å². The average Bonchev–Trinajstić information content (AvgIpc) is 1.61. The fourth-order valence-corrected chi connectivity index (χ4v) is 0.239. The molecule has 38 valence electrons. The maximum absolute atomic E-state index is 4.66. The monoisotopic (exact) mass is 107 g/mol. The van der Waals surface area contributed by atoms with Gasteiger partial charge in [-0.1, -0.05) is 0 Å². The van der Waals surface area contributed by atoms with Gasteiger partial charge in [0, 0.05) is 12.8 Å². The van der Waals surface area contributed by atoms with Gasteiger partial charge in [0.15, 0.2) is 0 Å². The topological polar surface area (TPSA) is 21.3 Å². The number of rotatable bonds is 3. The van der Waals surface area contributed by atoms with E-state index >= 15 is 0 Å². The highest BCUT2D eigenvalue weighted by Crippen LogP contribution is 1.69. The minimum atomic E-state index is 0.666. The molecule has 0 radical (unpaired) electrons. The van der Waals surface area contributed by atoms with E-state index in [4.69, 9.17) is 0 Å². The first-order valence-electron chi connectivity index (χ1n) is 1.81. The number of hydroxylamine groups is 1. The summed E-state index contributed by atoms with van der Waals surface area (Å²) in [6.07, 6.45) is 0. The van der Waals surface area contributed by atoms with E-state index in [-0.39, 0.29) is 0 Å². The first-order chi connectivity index (χ1) is 2.91. The third-order valence-electron chi connectivity index (χ3n) is 0.338. The maximum Gasteiger partial charge on any atom is 0.0770 e. The van der Waals surface area contributed by atoms with Crippen LogP contribution in [0.1, 0.15) is 0 Å². The van der Waals surface area contributed by atoms with Crippen LogP contribution in [0, 0.1) is 0 Å². The summed E-state index contributed by atoms with van der Waals surface area (Å²) in [7, 11) is 1.73. The van der Waals surface area contributed by atoms with Crippen molar-refractivity contribution in [2.45, 2.75) is 0 Å². The molecule has 0 amide bonds. The second-order valence-corrected chi connectivity index (χ2v) is 1.22. The Labute approximate surface area is 43.2 Å². The van der Waals surface area contributed by atoms with Gasteiger partial charge >= 0.3 is 0 Å². The van der Waals surface area contributed by atoms with Crippen molar-refractivity contribution in [3.63, 3.8) is 0 Å². The summed E-state index contributed by atoms with van der Waals surface area (Å²) < 4.78 is 0. The molecule has 0 spiro atoms. The summed E-state index contributed by atoms with van der Waals surface area (Å²) in [5.74, 6) is 0.765. The number of thiol groups is 1. The van der Waals surface area contributed by atoms with Crippen molar-refractivity contribution in [3.05, 3.63) is 0 Å². The average molecular weight is 107 g/mol. The van der Waals surface area contributed by atoms with E-state index in [1.165, 1.54) is 0 Å². The molecule has 6 heavy (non-hydrogen) atoms. The SMILES string of the molecule is CNOCCS. The fourth-order valence-electron chi connectivity index (χ4n) is 0.148. The van der Waals surface area contributed by atoms with Gasteiger partial charge in [-0.25, -0.2) is 5.48 Å². The van der Waals surface area contributed by atoms with Gasteiger partial charge in [-0.05, 0) is 0 Å². The van der Waals surface area contributed by atoms with Gasteiger partial charge in [-0.3, -0.25) is 0 Å². The van der Waals surface area contributed by atoms with Gasteiger partial charge in [-0.15, -0.1) is 0 Å². The lowest BCUT2D eigenvalue weighted by Gasteiger charge is -1.92. The molecule has 0 atom stereocenters. The molecule has 0 aliphatic rings.